The molecule has 1 saturated carbocycles. The number of rotatable bonds is 3. The molecular formula is C10H14N2O2. The van der Waals surface area contributed by atoms with E-state index in [0.717, 1.165) is 18.7 Å². The van der Waals surface area contributed by atoms with Crippen LogP contribution >= 0.6 is 0 Å². The molecule has 1 heterocycles. The van der Waals surface area contributed by atoms with E-state index in [4.69, 9.17) is 0 Å². The van der Waals surface area contributed by atoms with E-state index in [2.05, 4.69) is 4.98 Å². The lowest BCUT2D eigenvalue weighted by atomic mass is 9.95. The van der Waals surface area contributed by atoms with E-state index in [0.29, 0.717) is 0 Å². The summed E-state index contributed by atoms with van der Waals surface area (Å²) in [5.74, 6) is 0.260. The predicted molar refractivity (Wildman–Crippen MR) is 51.0 cm³/mol. The fourth-order valence-corrected chi connectivity index (χ4v) is 1.99. The molecule has 76 valence electrons. The SMILES string of the molecule is Cc1nccn1C(C)(C(=O)O)C1CC1. The van der Waals surface area contributed by atoms with Gasteiger partial charge in [-0.3, -0.25) is 0 Å². The van der Waals surface area contributed by atoms with Crippen LogP contribution in [0.15, 0.2) is 12.4 Å². The largest absolute Gasteiger partial charge is 0.479 e. The summed E-state index contributed by atoms with van der Waals surface area (Å²) in [5, 5.41) is 9.29. The normalized spacial score (nSPS) is 20.4. The molecular weight excluding hydrogens is 180 g/mol. The third-order valence-corrected chi connectivity index (χ3v) is 3.13. The minimum atomic E-state index is -0.805. The Morgan fingerprint density at radius 3 is 2.71 bits per heavy atom. The van der Waals surface area contributed by atoms with Gasteiger partial charge in [0.25, 0.3) is 0 Å². The van der Waals surface area contributed by atoms with E-state index in [1.165, 1.54) is 0 Å². The highest BCUT2D eigenvalue weighted by Crippen LogP contribution is 2.44. The Hall–Kier alpha value is -1.32. The van der Waals surface area contributed by atoms with Crippen LogP contribution in [0.4, 0.5) is 0 Å². The fourth-order valence-electron chi connectivity index (χ4n) is 1.99. The van der Waals surface area contributed by atoms with E-state index in [-0.39, 0.29) is 5.92 Å². The van der Waals surface area contributed by atoms with Crippen molar-refractivity contribution in [3.05, 3.63) is 18.2 Å². The zero-order chi connectivity index (χ0) is 10.3. The van der Waals surface area contributed by atoms with Crippen LogP contribution in [-0.2, 0) is 10.3 Å². The van der Waals surface area contributed by atoms with Gasteiger partial charge in [-0.1, -0.05) is 0 Å². The monoisotopic (exact) mass is 194 g/mol. The molecule has 0 amide bonds. The molecule has 1 aromatic heterocycles. The van der Waals surface area contributed by atoms with Gasteiger partial charge in [-0.2, -0.15) is 0 Å². The van der Waals surface area contributed by atoms with Gasteiger partial charge >= 0.3 is 5.97 Å². The minimum absolute atomic E-state index is 0.257. The quantitative estimate of drug-likeness (QED) is 0.791. The molecule has 0 radical (unpaired) electrons. The molecule has 0 aliphatic heterocycles. The fraction of sp³-hybridized carbons (Fsp3) is 0.600. The molecule has 0 saturated heterocycles. The van der Waals surface area contributed by atoms with Gasteiger partial charge in [-0.05, 0) is 32.6 Å². The molecule has 1 fully saturated rings. The molecule has 1 N–H and O–H groups in total. The Labute approximate surface area is 82.6 Å². The second-order valence-electron chi connectivity index (χ2n) is 4.07. The van der Waals surface area contributed by atoms with Gasteiger partial charge in [0.2, 0.25) is 0 Å². The molecule has 1 aliphatic rings. The smallest absolute Gasteiger partial charge is 0.329 e. The molecule has 1 aliphatic carbocycles. The van der Waals surface area contributed by atoms with Gasteiger partial charge in [0.05, 0.1) is 0 Å². The first-order chi connectivity index (χ1) is 6.56. The third kappa shape index (κ3) is 1.14. The Morgan fingerprint density at radius 1 is 1.71 bits per heavy atom. The summed E-state index contributed by atoms with van der Waals surface area (Å²) in [6.45, 7) is 3.62. The van der Waals surface area contributed by atoms with Crippen LogP contribution in [0.3, 0.4) is 0 Å². The van der Waals surface area contributed by atoms with Crippen molar-refractivity contribution in [1.82, 2.24) is 9.55 Å². The molecule has 1 atom stereocenters. The van der Waals surface area contributed by atoms with E-state index in [1.54, 1.807) is 23.9 Å². The lowest BCUT2D eigenvalue weighted by Crippen LogP contribution is -2.41. The van der Waals surface area contributed by atoms with Crippen LogP contribution in [0.5, 0.6) is 0 Å². The summed E-state index contributed by atoms with van der Waals surface area (Å²) in [6.07, 6.45) is 5.40. The van der Waals surface area contributed by atoms with Crippen molar-refractivity contribution in [2.24, 2.45) is 5.92 Å². The number of hydrogen-bond acceptors (Lipinski definition) is 2. The van der Waals surface area contributed by atoms with Crippen LogP contribution in [-0.4, -0.2) is 20.6 Å². The number of aliphatic carboxylic acids is 1. The lowest BCUT2D eigenvalue weighted by Gasteiger charge is -2.27. The predicted octanol–water partition coefficient (Wildman–Crippen LogP) is 1.40. The van der Waals surface area contributed by atoms with Gasteiger partial charge in [0, 0.05) is 12.4 Å². The highest BCUT2D eigenvalue weighted by molar-refractivity contribution is 5.77. The van der Waals surface area contributed by atoms with Gasteiger partial charge in [-0.15, -0.1) is 0 Å². The first-order valence-corrected chi connectivity index (χ1v) is 4.80. The number of aromatic nitrogens is 2. The van der Waals surface area contributed by atoms with Crippen molar-refractivity contribution in [2.45, 2.75) is 32.2 Å². The van der Waals surface area contributed by atoms with Crippen molar-refractivity contribution in [3.63, 3.8) is 0 Å². The number of carboxylic acid groups (broad SMARTS) is 1. The first kappa shape index (κ1) is 9.24. The number of imidazole rings is 1. The van der Waals surface area contributed by atoms with E-state index >= 15 is 0 Å². The number of aryl methyl sites for hydroxylation is 1. The van der Waals surface area contributed by atoms with E-state index in [9.17, 15) is 9.90 Å². The Balaban J connectivity index is 2.45. The minimum Gasteiger partial charge on any atom is -0.479 e. The summed E-state index contributed by atoms with van der Waals surface area (Å²) < 4.78 is 1.77. The first-order valence-electron chi connectivity index (χ1n) is 4.80. The standard InChI is InChI=1S/C10H14N2O2/c1-7-11-5-6-12(7)10(2,9(13)14)8-3-4-8/h5-6,8H,3-4H2,1-2H3,(H,13,14). The summed E-state index contributed by atoms with van der Waals surface area (Å²) in [7, 11) is 0. The maximum Gasteiger partial charge on any atom is 0.329 e. The number of nitrogens with zero attached hydrogens (tertiary/aromatic N) is 2. The molecule has 2 rings (SSSR count). The Morgan fingerprint density at radius 2 is 2.36 bits per heavy atom. The third-order valence-electron chi connectivity index (χ3n) is 3.13. The maximum atomic E-state index is 11.3. The number of carboxylic acids is 1. The van der Waals surface area contributed by atoms with Gasteiger partial charge in [-0.25, -0.2) is 9.78 Å². The highest BCUT2D eigenvalue weighted by atomic mass is 16.4. The number of hydrogen-bond donors (Lipinski definition) is 1. The van der Waals surface area contributed by atoms with E-state index < -0.39 is 11.5 Å². The molecule has 14 heavy (non-hydrogen) atoms. The average Bonchev–Trinajstić information content (AvgIpc) is 2.88. The van der Waals surface area contributed by atoms with Crippen LogP contribution in [0.1, 0.15) is 25.6 Å². The summed E-state index contributed by atoms with van der Waals surface area (Å²) in [5.41, 5.74) is -0.805. The lowest BCUT2D eigenvalue weighted by molar-refractivity contribution is -0.148. The summed E-state index contributed by atoms with van der Waals surface area (Å²) in [6, 6.07) is 0. The van der Waals surface area contributed by atoms with Crippen LogP contribution in [0.2, 0.25) is 0 Å². The molecule has 1 unspecified atom stereocenters. The zero-order valence-electron chi connectivity index (χ0n) is 8.40. The van der Waals surface area contributed by atoms with Crippen molar-refractivity contribution in [1.29, 1.82) is 0 Å². The molecule has 0 aromatic carbocycles. The average molecular weight is 194 g/mol. The summed E-state index contributed by atoms with van der Waals surface area (Å²) >= 11 is 0. The highest BCUT2D eigenvalue weighted by Gasteiger charge is 2.49. The van der Waals surface area contributed by atoms with Crippen LogP contribution in [0.25, 0.3) is 0 Å². The second-order valence-corrected chi connectivity index (χ2v) is 4.07. The molecule has 0 spiro atoms. The Bertz CT molecular complexity index is 368. The molecule has 1 aromatic rings. The topological polar surface area (TPSA) is 55.1 Å². The number of carbonyl (C=O) groups is 1. The summed E-state index contributed by atoms with van der Waals surface area (Å²) in [4.78, 5) is 15.4. The zero-order valence-corrected chi connectivity index (χ0v) is 8.40. The van der Waals surface area contributed by atoms with Crippen LogP contribution in [0, 0.1) is 12.8 Å². The van der Waals surface area contributed by atoms with Crippen molar-refractivity contribution in [2.75, 3.05) is 0 Å². The van der Waals surface area contributed by atoms with E-state index in [1.807, 2.05) is 6.92 Å². The van der Waals surface area contributed by atoms with Gasteiger partial charge in [0.1, 0.15) is 11.4 Å². The van der Waals surface area contributed by atoms with Crippen molar-refractivity contribution >= 4 is 5.97 Å². The van der Waals surface area contributed by atoms with Gasteiger partial charge < -0.3 is 9.67 Å². The van der Waals surface area contributed by atoms with Crippen LogP contribution < -0.4 is 0 Å². The van der Waals surface area contributed by atoms with Crippen molar-refractivity contribution in [3.8, 4) is 0 Å². The molecule has 4 heteroatoms. The van der Waals surface area contributed by atoms with Crippen molar-refractivity contribution < 1.29 is 9.90 Å². The Kier molecular flexibility index (Phi) is 1.87. The van der Waals surface area contributed by atoms with Gasteiger partial charge in [0.15, 0.2) is 0 Å². The molecule has 0 bridgehead atoms. The second kappa shape index (κ2) is 2.83. The molecule has 4 nitrogen and oxygen atoms in total. The maximum absolute atomic E-state index is 11.3.